The molecule has 0 saturated carbocycles. The summed E-state index contributed by atoms with van der Waals surface area (Å²) in [4.78, 5) is 15.5. The molecule has 2 heterocycles. The maximum atomic E-state index is 11.4. The van der Waals surface area contributed by atoms with Crippen LogP contribution in [0.4, 0.5) is 5.82 Å². The van der Waals surface area contributed by atoms with E-state index in [9.17, 15) is 4.79 Å². The summed E-state index contributed by atoms with van der Waals surface area (Å²) in [5, 5.41) is 5.56. The predicted molar refractivity (Wildman–Crippen MR) is 52.8 cm³/mol. The van der Waals surface area contributed by atoms with Crippen LogP contribution in [0, 0.1) is 0 Å². The standard InChI is InChI=1S/C9H12N4O/c1-5(2)13-4-10-7-8(13)11-6(3)12-9(7)14/h4-5,11H,3H2,1-2H3,(H,12,14). The van der Waals surface area contributed by atoms with Crippen molar-refractivity contribution in [2.45, 2.75) is 19.9 Å². The Hall–Kier alpha value is -1.78. The van der Waals surface area contributed by atoms with Gasteiger partial charge in [0.2, 0.25) is 0 Å². The average Bonchev–Trinajstić information content (AvgIpc) is 2.47. The minimum atomic E-state index is -0.205. The number of rotatable bonds is 1. The Kier molecular flexibility index (Phi) is 1.80. The molecular weight excluding hydrogens is 180 g/mol. The minimum absolute atomic E-state index is 0.205. The van der Waals surface area contributed by atoms with Crippen molar-refractivity contribution >= 4 is 11.7 Å². The van der Waals surface area contributed by atoms with Gasteiger partial charge in [-0.3, -0.25) is 4.79 Å². The molecule has 2 N–H and O–H groups in total. The van der Waals surface area contributed by atoms with Crippen LogP contribution >= 0.6 is 0 Å². The summed E-state index contributed by atoms with van der Waals surface area (Å²) in [6, 6.07) is 0.262. The van der Waals surface area contributed by atoms with Crippen LogP contribution in [0.25, 0.3) is 0 Å². The first-order valence-electron chi connectivity index (χ1n) is 4.43. The van der Waals surface area contributed by atoms with E-state index in [1.165, 1.54) is 0 Å². The lowest BCUT2D eigenvalue weighted by atomic mass is 10.3. The van der Waals surface area contributed by atoms with E-state index in [1.807, 2.05) is 18.4 Å². The molecule has 0 radical (unpaired) electrons. The van der Waals surface area contributed by atoms with E-state index in [1.54, 1.807) is 6.33 Å². The lowest BCUT2D eigenvalue weighted by Gasteiger charge is -2.20. The van der Waals surface area contributed by atoms with Crippen LogP contribution in [0.2, 0.25) is 0 Å². The second kappa shape index (κ2) is 2.87. The van der Waals surface area contributed by atoms with E-state index in [0.29, 0.717) is 17.3 Å². The Balaban J connectivity index is 2.51. The molecule has 5 nitrogen and oxygen atoms in total. The molecule has 1 aliphatic heterocycles. The Morgan fingerprint density at radius 1 is 1.50 bits per heavy atom. The SMILES string of the molecule is C=C1NC(=O)c2ncn(C(C)C)c2N1. The van der Waals surface area contributed by atoms with Crippen LogP contribution in [0.15, 0.2) is 18.7 Å². The fourth-order valence-electron chi connectivity index (χ4n) is 1.41. The highest BCUT2D eigenvalue weighted by Crippen LogP contribution is 2.23. The smallest absolute Gasteiger partial charge is 0.279 e. The number of fused-ring (bicyclic) bond motifs is 1. The Morgan fingerprint density at radius 3 is 2.86 bits per heavy atom. The van der Waals surface area contributed by atoms with Gasteiger partial charge in [-0.2, -0.15) is 0 Å². The summed E-state index contributed by atoms with van der Waals surface area (Å²) >= 11 is 0. The van der Waals surface area contributed by atoms with Gasteiger partial charge in [-0.1, -0.05) is 6.58 Å². The van der Waals surface area contributed by atoms with Crippen molar-refractivity contribution < 1.29 is 4.79 Å². The van der Waals surface area contributed by atoms with Crippen LogP contribution in [-0.2, 0) is 0 Å². The van der Waals surface area contributed by atoms with Crippen molar-refractivity contribution in [1.82, 2.24) is 14.9 Å². The van der Waals surface area contributed by atoms with Gasteiger partial charge in [-0.05, 0) is 13.8 Å². The number of nitrogens with one attached hydrogen (secondary N) is 2. The maximum Gasteiger partial charge on any atom is 0.279 e. The van der Waals surface area contributed by atoms with Gasteiger partial charge in [0.25, 0.3) is 5.91 Å². The van der Waals surface area contributed by atoms with E-state index in [2.05, 4.69) is 22.2 Å². The number of hydrogen-bond donors (Lipinski definition) is 2. The first-order chi connectivity index (χ1) is 6.59. The molecule has 14 heavy (non-hydrogen) atoms. The molecule has 0 atom stereocenters. The summed E-state index contributed by atoms with van der Waals surface area (Å²) in [5.74, 6) is 1.00. The zero-order valence-corrected chi connectivity index (χ0v) is 8.16. The van der Waals surface area contributed by atoms with Gasteiger partial charge in [0.05, 0.1) is 6.33 Å². The summed E-state index contributed by atoms with van der Waals surface area (Å²) in [6.45, 7) is 7.71. The molecule has 1 aromatic rings. The van der Waals surface area contributed by atoms with E-state index in [-0.39, 0.29) is 11.9 Å². The average molecular weight is 192 g/mol. The van der Waals surface area contributed by atoms with E-state index < -0.39 is 0 Å². The molecule has 1 aromatic heterocycles. The number of carbonyl (C=O) groups excluding carboxylic acids is 1. The van der Waals surface area contributed by atoms with Crippen molar-refractivity contribution in [2.75, 3.05) is 5.32 Å². The number of aromatic nitrogens is 2. The van der Waals surface area contributed by atoms with Crippen LogP contribution in [0.3, 0.4) is 0 Å². The normalized spacial score (nSPS) is 15.1. The first kappa shape index (κ1) is 8.80. The van der Waals surface area contributed by atoms with Crippen molar-refractivity contribution in [3.63, 3.8) is 0 Å². The Morgan fingerprint density at radius 2 is 2.21 bits per heavy atom. The molecular formula is C9H12N4O. The van der Waals surface area contributed by atoms with Gasteiger partial charge in [0.15, 0.2) is 5.69 Å². The van der Waals surface area contributed by atoms with Crippen LogP contribution in [0.1, 0.15) is 30.4 Å². The minimum Gasteiger partial charge on any atom is -0.326 e. The number of nitrogens with zero attached hydrogens (tertiary/aromatic N) is 2. The number of anilines is 1. The summed E-state index contributed by atoms with van der Waals surface area (Å²) in [5.41, 5.74) is 0.422. The zero-order chi connectivity index (χ0) is 10.3. The molecule has 74 valence electrons. The van der Waals surface area contributed by atoms with E-state index in [4.69, 9.17) is 0 Å². The molecule has 0 spiro atoms. The Labute approximate surface area is 81.8 Å². The molecule has 0 bridgehead atoms. The largest absolute Gasteiger partial charge is 0.326 e. The highest BCUT2D eigenvalue weighted by atomic mass is 16.2. The van der Waals surface area contributed by atoms with Crippen molar-refractivity contribution in [3.05, 3.63) is 24.4 Å². The second-order valence-corrected chi connectivity index (χ2v) is 3.50. The van der Waals surface area contributed by atoms with E-state index >= 15 is 0 Å². The summed E-state index contributed by atoms with van der Waals surface area (Å²) in [7, 11) is 0. The zero-order valence-electron chi connectivity index (χ0n) is 8.16. The van der Waals surface area contributed by atoms with Gasteiger partial charge >= 0.3 is 0 Å². The fraction of sp³-hybridized carbons (Fsp3) is 0.333. The van der Waals surface area contributed by atoms with Crippen LogP contribution < -0.4 is 10.6 Å². The monoisotopic (exact) mass is 192 g/mol. The van der Waals surface area contributed by atoms with Gasteiger partial charge in [-0.25, -0.2) is 4.98 Å². The molecule has 0 unspecified atom stereocenters. The first-order valence-corrected chi connectivity index (χ1v) is 4.43. The van der Waals surface area contributed by atoms with Gasteiger partial charge in [0, 0.05) is 6.04 Å². The molecule has 0 aliphatic carbocycles. The van der Waals surface area contributed by atoms with Crippen molar-refractivity contribution in [2.24, 2.45) is 0 Å². The van der Waals surface area contributed by atoms with Gasteiger partial charge < -0.3 is 15.2 Å². The number of hydrogen-bond acceptors (Lipinski definition) is 3. The predicted octanol–water partition coefficient (Wildman–Crippen LogP) is 1.09. The Bertz CT molecular complexity index is 405. The lowest BCUT2D eigenvalue weighted by Crippen LogP contribution is -2.33. The third-order valence-corrected chi connectivity index (χ3v) is 2.10. The molecule has 2 rings (SSSR count). The second-order valence-electron chi connectivity index (χ2n) is 3.50. The van der Waals surface area contributed by atoms with E-state index in [0.717, 1.165) is 0 Å². The van der Waals surface area contributed by atoms with Gasteiger partial charge in [-0.15, -0.1) is 0 Å². The third kappa shape index (κ3) is 1.17. The van der Waals surface area contributed by atoms with Crippen LogP contribution in [0.5, 0.6) is 0 Å². The topological polar surface area (TPSA) is 59.0 Å². The van der Waals surface area contributed by atoms with Crippen molar-refractivity contribution in [1.29, 1.82) is 0 Å². The molecule has 1 amide bonds. The molecule has 0 fully saturated rings. The molecule has 0 saturated heterocycles. The number of amides is 1. The number of carbonyl (C=O) groups is 1. The highest BCUT2D eigenvalue weighted by molar-refractivity contribution is 6.00. The highest BCUT2D eigenvalue weighted by Gasteiger charge is 2.24. The third-order valence-electron chi connectivity index (χ3n) is 2.10. The number of imidazole rings is 1. The lowest BCUT2D eigenvalue weighted by molar-refractivity contribution is 0.0959. The van der Waals surface area contributed by atoms with Gasteiger partial charge in [0.1, 0.15) is 11.6 Å². The molecule has 5 heteroatoms. The molecule has 1 aliphatic rings. The maximum absolute atomic E-state index is 11.4. The molecule has 0 aromatic carbocycles. The fourth-order valence-corrected chi connectivity index (χ4v) is 1.41. The summed E-state index contributed by atoms with van der Waals surface area (Å²) in [6.07, 6.45) is 1.65. The van der Waals surface area contributed by atoms with Crippen molar-refractivity contribution in [3.8, 4) is 0 Å². The summed E-state index contributed by atoms with van der Waals surface area (Å²) < 4.78 is 1.90. The quantitative estimate of drug-likeness (QED) is 0.700. The van der Waals surface area contributed by atoms with Crippen LogP contribution in [-0.4, -0.2) is 15.5 Å².